The van der Waals surface area contributed by atoms with E-state index in [0.29, 0.717) is 19.4 Å². The standard InChI is InChI=1S/C20H23NO5/c1-25-13-20(19(23)24)9-4-10-21(20)18(22)11-15-6-3-5-14-7-8-16(26-2)12-17(14)15/h3,5-8,12H,4,9-11,13H2,1-2H3,(H,23,24). The summed E-state index contributed by atoms with van der Waals surface area (Å²) in [4.78, 5) is 26.3. The van der Waals surface area contributed by atoms with Gasteiger partial charge in [-0.15, -0.1) is 0 Å². The highest BCUT2D eigenvalue weighted by atomic mass is 16.5. The molecule has 1 fully saturated rings. The Balaban J connectivity index is 1.92. The lowest BCUT2D eigenvalue weighted by atomic mass is 9.96. The van der Waals surface area contributed by atoms with E-state index in [2.05, 4.69) is 0 Å². The molecule has 1 atom stereocenters. The number of carboxylic acid groups (broad SMARTS) is 1. The van der Waals surface area contributed by atoms with Crippen molar-refractivity contribution in [3.8, 4) is 5.75 Å². The molecule has 6 heteroatoms. The van der Waals surface area contributed by atoms with Crippen molar-refractivity contribution in [2.45, 2.75) is 24.8 Å². The van der Waals surface area contributed by atoms with Gasteiger partial charge < -0.3 is 19.5 Å². The van der Waals surface area contributed by atoms with Crippen LogP contribution in [0.2, 0.25) is 0 Å². The van der Waals surface area contributed by atoms with Crippen LogP contribution < -0.4 is 4.74 Å². The van der Waals surface area contributed by atoms with Crippen molar-refractivity contribution in [3.05, 3.63) is 42.0 Å². The third kappa shape index (κ3) is 3.12. The highest BCUT2D eigenvalue weighted by Crippen LogP contribution is 2.32. The minimum absolute atomic E-state index is 0.00255. The fraction of sp³-hybridized carbons (Fsp3) is 0.400. The molecule has 1 heterocycles. The third-order valence-electron chi connectivity index (χ3n) is 5.09. The summed E-state index contributed by atoms with van der Waals surface area (Å²) in [6, 6.07) is 11.5. The molecule has 0 aliphatic carbocycles. The van der Waals surface area contributed by atoms with Gasteiger partial charge in [0.25, 0.3) is 0 Å². The number of carboxylic acids is 1. The van der Waals surface area contributed by atoms with E-state index in [0.717, 1.165) is 22.1 Å². The fourth-order valence-electron chi connectivity index (χ4n) is 3.77. The van der Waals surface area contributed by atoms with E-state index in [4.69, 9.17) is 9.47 Å². The number of likely N-dealkylation sites (tertiary alicyclic amines) is 1. The number of amides is 1. The first kappa shape index (κ1) is 18.2. The summed E-state index contributed by atoms with van der Waals surface area (Å²) in [6.45, 7) is 0.431. The number of aliphatic carboxylic acids is 1. The van der Waals surface area contributed by atoms with Gasteiger partial charge in [0.2, 0.25) is 5.91 Å². The van der Waals surface area contributed by atoms with Gasteiger partial charge in [-0.1, -0.05) is 24.3 Å². The molecular weight excluding hydrogens is 334 g/mol. The van der Waals surface area contributed by atoms with Crippen LogP contribution in [-0.4, -0.2) is 54.8 Å². The number of fused-ring (bicyclic) bond motifs is 1. The van der Waals surface area contributed by atoms with Gasteiger partial charge in [0.05, 0.1) is 20.1 Å². The van der Waals surface area contributed by atoms with E-state index in [-0.39, 0.29) is 18.9 Å². The maximum atomic E-state index is 13.0. The van der Waals surface area contributed by atoms with Crippen molar-refractivity contribution in [2.75, 3.05) is 27.4 Å². The summed E-state index contributed by atoms with van der Waals surface area (Å²) >= 11 is 0. The molecular formula is C20H23NO5. The Morgan fingerprint density at radius 3 is 2.73 bits per heavy atom. The second-order valence-electron chi connectivity index (χ2n) is 6.60. The average molecular weight is 357 g/mol. The predicted octanol–water partition coefficient (Wildman–Crippen LogP) is 2.48. The normalized spacial score (nSPS) is 19.7. The molecule has 1 aliphatic heterocycles. The minimum atomic E-state index is -1.27. The molecule has 0 saturated carbocycles. The van der Waals surface area contributed by atoms with Gasteiger partial charge in [-0.2, -0.15) is 0 Å². The molecule has 0 bridgehead atoms. The van der Waals surface area contributed by atoms with Crippen LogP contribution in [0.15, 0.2) is 36.4 Å². The highest BCUT2D eigenvalue weighted by molar-refractivity contribution is 5.93. The number of rotatable bonds is 6. The Labute approximate surface area is 152 Å². The van der Waals surface area contributed by atoms with Gasteiger partial charge in [0, 0.05) is 13.7 Å². The number of hydrogen-bond donors (Lipinski definition) is 1. The molecule has 0 spiro atoms. The van der Waals surface area contributed by atoms with Crippen LogP contribution in [0.1, 0.15) is 18.4 Å². The summed E-state index contributed by atoms with van der Waals surface area (Å²) in [6.07, 6.45) is 1.21. The van der Waals surface area contributed by atoms with Crippen LogP contribution in [0, 0.1) is 0 Å². The van der Waals surface area contributed by atoms with Gasteiger partial charge in [-0.05, 0) is 41.3 Å². The number of carbonyl (C=O) groups is 2. The summed E-state index contributed by atoms with van der Waals surface area (Å²) < 4.78 is 10.4. The Hall–Kier alpha value is -2.60. The molecule has 1 N–H and O–H groups in total. The quantitative estimate of drug-likeness (QED) is 0.860. The van der Waals surface area contributed by atoms with E-state index >= 15 is 0 Å². The lowest BCUT2D eigenvalue weighted by molar-refractivity contribution is -0.160. The zero-order valence-electron chi connectivity index (χ0n) is 15.0. The molecule has 0 radical (unpaired) electrons. The second kappa shape index (κ2) is 7.33. The molecule has 1 amide bonds. The van der Waals surface area contributed by atoms with Crippen molar-refractivity contribution in [1.29, 1.82) is 0 Å². The smallest absolute Gasteiger partial charge is 0.332 e. The first-order valence-corrected chi connectivity index (χ1v) is 8.60. The monoisotopic (exact) mass is 357 g/mol. The van der Waals surface area contributed by atoms with Gasteiger partial charge in [-0.3, -0.25) is 4.79 Å². The van der Waals surface area contributed by atoms with E-state index in [1.165, 1.54) is 12.0 Å². The molecule has 1 aliphatic rings. The number of hydrogen-bond acceptors (Lipinski definition) is 4. The van der Waals surface area contributed by atoms with E-state index in [9.17, 15) is 14.7 Å². The molecule has 138 valence electrons. The van der Waals surface area contributed by atoms with Crippen molar-refractivity contribution < 1.29 is 24.2 Å². The van der Waals surface area contributed by atoms with Gasteiger partial charge in [-0.25, -0.2) is 4.79 Å². The van der Waals surface area contributed by atoms with Crippen LogP contribution in [0.4, 0.5) is 0 Å². The van der Waals surface area contributed by atoms with Crippen LogP contribution in [-0.2, 0) is 20.7 Å². The topological polar surface area (TPSA) is 76.1 Å². The van der Waals surface area contributed by atoms with Crippen molar-refractivity contribution in [3.63, 3.8) is 0 Å². The van der Waals surface area contributed by atoms with Gasteiger partial charge in [0.15, 0.2) is 5.54 Å². The summed E-state index contributed by atoms with van der Waals surface area (Å²) in [5, 5.41) is 11.7. The molecule has 0 aromatic heterocycles. The van der Waals surface area contributed by atoms with E-state index in [1.807, 2.05) is 36.4 Å². The molecule has 3 rings (SSSR count). The fourth-order valence-corrected chi connectivity index (χ4v) is 3.77. The Morgan fingerprint density at radius 2 is 2.04 bits per heavy atom. The molecule has 6 nitrogen and oxygen atoms in total. The molecule has 1 saturated heterocycles. The van der Waals surface area contributed by atoms with E-state index in [1.54, 1.807) is 7.11 Å². The Bertz CT molecular complexity index is 834. The number of nitrogens with zero attached hydrogens (tertiary/aromatic N) is 1. The second-order valence-corrected chi connectivity index (χ2v) is 6.60. The van der Waals surface area contributed by atoms with Crippen LogP contribution >= 0.6 is 0 Å². The highest BCUT2D eigenvalue weighted by Gasteiger charge is 2.50. The Kier molecular flexibility index (Phi) is 5.13. The average Bonchev–Trinajstić information content (AvgIpc) is 3.07. The van der Waals surface area contributed by atoms with Crippen molar-refractivity contribution >= 4 is 22.6 Å². The molecule has 1 unspecified atom stereocenters. The minimum Gasteiger partial charge on any atom is -0.497 e. The summed E-state index contributed by atoms with van der Waals surface area (Å²) in [7, 11) is 3.06. The number of ether oxygens (including phenoxy) is 2. The summed E-state index contributed by atoms with van der Waals surface area (Å²) in [5.41, 5.74) is -0.413. The first-order valence-electron chi connectivity index (χ1n) is 8.60. The van der Waals surface area contributed by atoms with Gasteiger partial charge >= 0.3 is 5.97 Å². The van der Waals surface area contributed by atoms with Crippen LogP contribution in [0.5, 0.6) is 5.75 Å². The molecule has 2 aromatic rings. The lowest BCUT2D eigenvalue weighted by Crippen LogP contribution is -2.56. The number of carbonyl (C=O) groups excluding carboxylic acids is 1. The number of methoxy groups -OCH3 is 2. The van der Waals surface area contributed by atoms with E-state index < -0.39 is 11.5 Å². The Morgan fingerprint density at radius 1 is 1.23 bits per heavy atom. The third-order valence-corrected chi connectivity index (χ3v) is 5.09. The molecule has 26 heavy (non-hydrogen) atoms. The zero-order chi connectivity index (χ0) is 18.7. The first-order chi connectivity index (χ1) is 12.5. The van der Waals surface area contributed by atoms with Crippen LogP contribution in [0.25, 0.3) is 10.8 Å². The number of benzene rings is 2. The summed E-state index contributed by atoms with van der Waals surface area (Å²) in [5.74, 6) is -0.486. The molecule has 2 aromatic carbocycles. The SMILES string of the molecule is COCC1(C(=O)O)CCCN1C(=O)Cc1cccc2ccc(OC)cc12. The van der Waals surface area contributed by atoms with Gasteiger partial charge in [0.1, 0.15) is 5.75 Å². The van der Waals surface area contributed by atoms with Crippen LogP contribution in [0.3, 0.4) is 0 Å². The van der Waals surface area contributed by atoms with Crippen molar-refractivity contribution in [2.24, 2.45) is 0 Å². The lowest BCUT2D eigenvalue weighted by Gasteiger charge is -2.34. The maximum Gasteiger partial charge on any atom is 0.332 e. The largest absolute Gasteiger partial charge is 0.497 e. The van der Waals surface area contributed by atoms with Crippen molar-refractivity contribution in [1.82, 2.24) is 4.90 Å². The maximum absolute atomic E-state index is 13.0. The zero-order valence-corrected chi connectivity index (χ0v) is 15.0. The predicted molar refractivity (Wildman–Crippen MR) is 97.4 cm³/mol.